The average molecular weight is 608 g/mol. The lowest BCUT2D eigenvalue weighted by molar-refractivity contribution is -0.151. The van der Waals surface area contributed by atoms with E-state index in [1.54, 1.807) is 19.1 Å². The molecule has 1 unspecified atom stereocenters. The lowest BCUT2D eigenvalue weighted by Gasteiger charge is -2.27. The van der Waals surface area contributed by atoms with E-state index in [1.807, 2.05) is 66.7 Å². The highest BCUT2D eigenvalue weighted by Crippen LogP contribution is 2.40. The molecule has 10 heteroatoms. The van der Waals surface area contributed by atoms with Crippen molar-refractivity contribution in [3.05, 3.63) is 106 Å². The fourth-order valence-electron chi connectivity index (χ4n) is 4.78. The van der Waals surface area contributed by atoms with Crippen molar-refractivity contribution in [3.8, 4) is 28.7 Å². The van der Waals surface area contributed by atoms with Gasteiger partial charge in [0.25, 0.3) is 0 Å². The molecule has 0 amide bonds. The van der Waals surface area contributed by atoms with Gasteiger partial charge in [-0.1, -0.05) is 53.5 Å². The van der Waals surface area contributed by atoms with Crippen LogP contribution >= 0.6 is 23.2 Å². The maximum absolute atomic E-state index is 12.7. The highest BCUT2D eigenvalue weighted by molar-refractivity contribution is 6.32. The van der Waals surface area contributed by atoms with Gasteiger partial charge in [0.1, 0.15) is 5.75 Å². The van der Waals surface area contributed by atoms with Crippen molar-refractivity contribution in [2.24, 2.45) is 0 Å². The Bertz CT molecular complexity index is 1520. The summed E-state index contributed by atoms with van der Waals surface area (Å²) in [6, 6.07) is 24.1. The molecule has 0 aliphatic carbocycles. The fourth-order valence-corrected chi connectivity index (χ4v) is 5.21. The number of anilines is 1. The van der Waals surface area contributed by atoms with Crippen LogP contribution in [0.25, 0.3) is 0 Å². The normalized spacial score (nSPS) is 13.5. The van der Waals surface area contributed by atoms with Crippen LogP contribution in [0.4, 0.5) is 5.69 Å². The third kappa shape index (κ3) is 6.00. The van der Waals surface area contributed by atoms with Crippen molar-refractivity contribution in [1.82, 2.24) is 0 Å². The summed E-state index contributed by atoms with van der Waals surface area (Å²) >= 11 is 13.3. The highest BCUT2D eigenvalue weighted by Gasteiger charge is 2.25. The van der Waals surface area contributed by atoms with Crippen molar-refractivity contribution in [2.45, 2.75) is 26.1 Å². The molecule has 0 aromatic heterocycles. The molecule has 2 aliphatic heterocycles. The lowest BCUT2D eigenvalue weighted by Crippen LogP contribution is -2.23. The first-order valence-corrected chi connectivity index (χ1v) is 14.1. The van der Waals surface area contributed by atoms with Gasteiger partial charge in [-0.15, -0.1) is 0 Å². The zero-order chi connectivity index (χ0) is 29.1. The Morgan fingerprint density at radius 2 is 1.31 bits per heavy atom. The van der Waals surface area contributed by atoms with Crippen LogP contribution in [0.3, 0.4) is 0 Å². The number of esters is 1. The summed E-state index contributed by atoms with van der Waals surface area (Å²) < 4.78 is 33.5. The molecule has 216 valence electrons. The van der Waals surface area contributed by atoms with Crippen LogP contribution < -0.4 is 28.6 Å². The molecular formula is C32H27Cl2NO7. The molecule has 1 atom stereocenters. The monoisotopic (exact) mass is 607 g/mol. The topological polar surface area (TPSA) is 75.7 Å². The zero-order valence-corrected chi connectivity index (χ0v) is 24.2. The minimum Gasteiger partial charge on any atom is -0.474 e. The lowest BCUT2D eigenvalue weighted by atomic mass is 10.1. The summed E-state index contributed by atoms with van der Waals surface area (Å²) in [5.41, 5.74) is 3.28. The minimum absolute atomic E-state index is 0.156. The van der Waals surface area contributed by atoms with Gasteiger partial charge < -0.3 is 33.3 Å². The van der Waals surface area contributed by atoms with Crippen molar-refractivity contribution in [2.75, 3.05) is 25.1 Å². The van der Waals surface area contributed by atoms with Gasteiger partial charge in [0, 0.05) is 46.5 Å². The molecule has 0 saturated heterocycles. The SMILES string of the molecule is CCOC(=O)C(Oc1ccc(N(Cc2cc3c(cc2Cl)OCO3)Cc2cc3c(cc2Cl)OCO3)cc1)c1ccccc1. The first kappa shape index (κ1) is 27.9. The predicted molar refractivity (Wildman–Crippen MR) is 158 cm³/mol. The molecule has 8 nitrogen and oxygen atoms in total. The molecule has 0 saturated carbocycles. The summed E-state index contributed by atoms with van der Waals surface area (Å²) in [6.07, 6.45) is -0.895. The first-order chi connectivity index (χ1) is 20.5. The Kier molecular flexibility index (Phi) is 8.17. The third-order valence-corrected chi connectivity index (χ3v) is 7.57. The molecule has 0 spiro atoms. The molecule has 42 heavy (non-hydrogen) atoms. The second-order valence-electron chi connectivity index (χ2n) is 9.60. The van der Waals surface area contributed by atoms with E-state index in [9.17, 15) is 4.79 Å². The van der Waals surface area contributed by atoms with Gasteiger partial charge in [0.05, 0.1) is 6.61 Å². The van der Waals surface area contributed by atoms with Gasteiger partial charge >= 0.3 is 5.97 Å². The quantitative estimate of drug-likeness (QED) is 0.173. The summed E-state index contributed by atoms with van der Waals surface area (Å²) in [5.74, 6) is 2.58. The number of carbonyl (C=O) groups excluding carboxylic acids is 1. The molecule has 2 heterocycles. The van der Waals surface area contributed by atoms with E-state index < -0.39 is 12.1 Å². The van der Waals surface area contributed by atoms with Gasteiger partial charge in [0.2, 0.25) is 19.7 Å². The Morgan fingerprint density at radius 1 is 0.786 bits per heavy atom. The molecule has 4 aromatic carbocycles. The van der Waals surface area contributed by atoms with Gasteiger partial charge in [0.15, 0.2) is 23.0 Å². The minimum atomic E-state index is -0.895. The van der Waals surface area contributed by atoms with Crippen LogP contribution in [-0.4, -0.2) is 26.2 Å². The molecule has 6 rings (SSSR count). The number of fused-ring (bicyclic) bond motifs is 2. The molecule has 0 bridgehead atoms. The summed E-state index contributed by atoms with van der Waals surface area (Å²) in [4.78, 5) is 14.9. The number of nitrogens with zero attached hydrogens (tertiary/aromatic N) is 1. The summed E-state index contributed by atoms with van der Waals surface area (Å²) in [7, 11) is 0. The van der Waals surface area contributed by atoms with E-state index >= 15 is 0 Å². The van der Waals surface area contributed by atoms with E-state index in [0.717, 1.165) is 16.8 Å². The molecular weight excluding hydrogens is 581 g/mol. The predicted octanol–water partition coefficient (Wildman–Crippen LogP) is 7.34. The van der Waals surface area contributed by atoms with Gasteiger partial charge in [-0.05, 0) is 54.4 Å². The Balaban J connectivity index is 1.29. The molecule has 0 radical (unpaired) electrons. The smallest absolute Gasteiger partial charge is 0.352 e. The molecule has 4 aromatic rings. The number of benzene rings is 4. The van der Waals surface area contributed by atoms with Crippen LogP contribution in [0.1, 0.15) is 29.7 Å². The Hall–Kier alpha value is -4.27. The van der Waals surface area contributed by atoms with Gasteiger partial charge in [-0.3, -0.25) is 0 Å². The van der Waals surface area contributed by atoms with Gasteiger partial charge in [-0.25, -0.2) is 4.79 Å². The maximum Gasteiger partial charge on any atom is 0.352 e. The van der Waals surface area contributed by atoms with Crippen molar-refractivity contribution in [3.63, 3.8) is 0 Å². The van der Waals surface area contributed by atoms with E-state index in [2.05, 4.69) is 4.90 Å². The summed E-state index contributed by atoms with van der Waals surface area (Å²) in [5, 5.41) is 1.11. The standard InChI is InChI=1S/C32H27Cl2NO7/c1-2-37-32(36)31(20-6-4-3-5-7-20)42-24-10-8-23(9-11-24)35(16-21-12-27-29(14-25(21)33)40-18-38-27)17-22-13-28-30(15-26(22)34)41-19-39-28/h3-15,31H,2,16-19H2,1H3. The van der Waals surface area contributed by atoms with E-state index in [0.29, 0.717) is 57.4 Å². The van der Waals surface area contributed by atoms with Crippen LogP contribution in [0.15, 0.2) is 78.9 Å². The van der Waals surface area contributed by atoms with Crippen LogP contribution in [-0.2, 0) is 22.6 Å². The van der Waals surface area contributed by atoms with Crippen LogP contribution in [0.5, 0.6) is 28.7 Å². The zero-order valence-electron chi connectivity index (χ0n) is 22.7. The third-order valence-electron chi connectivity index (χ3n) is 6.86. The fraction of sp³-hybridized carbons (Fsp3) is 0.219. The van der Waals surface area contributed by atoms with Gasteiger partial charge in [-0.2, -0.15) is 0 Å². The maximum atomic E-state index is 12.7. The van der Waals surface area contributed by atoms with Crippen LogP contribution in [0.2, 0.25) is 10.0 Å². The molecule has 2 aliphatic rings. The highest BCUT2D eigenvalue weighted by atomic mass is 35.5. The average Bonchev–Trinajstić information content (AvgIpc) is 3.65. The van der Waals surface area contributed by atoms with E-state index in [-0.39, 0.29) is 20.2 Å². The number of carbonyl (C=O) groups is 1. The Labute approximate surface area is 253 Å². The number of hydrogen-bond acceptors (Lipinski definition) is 8. The molecule has 0 fully saturated rings. The van der Waals surface area contributed by atoms with Crippen molar-refractivity contribution >= 4 is 34.9 Å². The summed E-state index contributed by atoms with van der Waals surface area (Å²) in [6.45, 7) is 3.21. The van der Waals surface area contributed by atoms with Crippen molar-refractivity contribution < 1.29 is 33.2 Å². The van der Waals surface area contributed by atoms with Crippen LogP contribution in [0, 0.1) is 0 Å². The number of rotatable bonds is 10. The molecule has 0 N–H and O–H groups in total. The second-order valence-corrected chi connectivity index (χ2v) is 10.4. The Morgan fingerprint density at radius 3 is 1.83 bits per heavy atom. The van der Waals surface area contributed by atoms with Crippen molar-refractivity contribution in [1.29, 1.82) is 0 Å². The second kappa shape index (κ2) is 12.3. The number of ether oxygens (including phenoxy) is 6. The first-order valence-electron chi connectivity index (χ1n) is 13.4. The van der Waals surface area contributed by atoms with E-state index in [4.69, 9.17) is 51.6 Å². The number of halogens is 2. The number of hydrogen-bond donors (Lipinski definition) is 0. The van der Waals surface area contributed by atoms with E-state index in [1.165, 1.54) is 0 Å². The largest absolute Gasteiger partial charge is 0.474 e.